The van der Waals surface area contributed by atoms with Crippen LogP contribution in [0.5, 0.6) is 5.75 Å². The molecule has 0 atom stereocenters. The highest BCUT2D eigenvalue weighted by molar-refractivity contribution is 7.07. The zero-order valence-electron chi connectivity index (χ0n) is 15.9. The fraction of sp³-hybridized carbons (Fsp3) is 0.182. The summed E-state index contributed by atoms with van der Waals surface area (Å²) in [6.45, 7) is 6.65. The van der Waals surface area contributed by atoms with E-state index >= 15 is 0 Å². The molecule has 144 valence electrons. The Kier molecular flexibility index (Phi) is 6.45. The molecular formula is C22H22N2O3S. The predicted octanol–water partition coefficient (Wildman–Crippen LogP) is 4.82. The van der Waals surface area contributed by atoms with Crippen molar-refractivity contribution in [3.05, 3.63) is 76.9 Å². The van der Waals surface area contributed by atoms with Crippen molar-refractivity contribution >= 4 is 23.0 Å². The van der Waals surface area contributed by atoms with Gasteiger partial charge in [-0.05, 0) is 61.0 Å². The van der Waals surface area contributed by atoms with Crippen LogP contribution < -0.4 is 9.54 Å². The lowest BCUT2D eigenvalue weighted by Crippen LogP contribution is -2.14. The van der Waals surface area contributed by atoms with E-state index in [2.05, 4.69) is 16.5 Å². The van der Waals surface area contributed by atoms with Crippen LogP contribution in [0.15, 0.2) is 71.6 Å². The normalized spacial score (nSPS) is 11.3. The van der Waals surface area contributed by atoms with E-state index in [0.29, 0.717) is 18.7 Å². The van der Waals surface area contributed by atoms with Crippen molar-refractivity contribution in [1.29, 1.82) is 0 Å². The van der Waals surface area contributed by atoms with Gasteiger partial charge in [0.2, 0.25) is 0 Å². The molecule has 0 aliphatic rings. The van der Waals surface area contributed by atoms with Gasteiger partial charge < -0.3 is 14.0 Å². The Morgan fingerprint density at radius 2 is 1.89 bits per heavy atom. The van der Waals surface area contributed by atoms with Crippen molar-refractivity contribution in [3.63, 3.8) is 0 Å². The van der Waals surface area contributed by atoms with Crippen LogP contribution in [0.4, 0.5) is 5.69 Å². The number of rotatable bonds is 7. The number of hydrogen-bond donors (Lipinski definition) is 0. The lowest BCUT2D eigenvalue weighted by Gasteiger charge is -2.07. The van der Waals surface area contributed by atoms with E-state index in [0.717, 1.165) is 27.5 Å². The summed E-state index contributed by atoms with van der Waals surface area (Å²) >= 11 is 1.56. The number of thiazole rings is 1. The summed E-state index contributed by atoms with van der Waals surface area (Å²) in [5.41, 5.74) is 3.44. The molecule has 3 rings (SSSR count). The molecule has 0 aliphatic heterocycles. The summed E-state index contributed by atoms with van der Waals surface area (Å²) in [4.78, 5) is 17.4. The Bertz CT molecular complexity index is 1020. The van der Waals surface area contributed by atoms with Gasteiger partial charge in [0.1, 0.15) is 5.75 Å². The van der Waals surface area contributed by atoms with Gasteiger partial charge in [0.25, 0.3) is 0 Å². The second-order valence-corrected chi connectivity index (χ2v) is 6.75. The van der Waals surface area contributed by atoms with E-state index in [-0.39, 0.29) is 5.97 Å². The maximum Gasteiger partial charge on any atom is 0.338 e. The molecule has 3 aromatic rings. The summed E-state index contributed by atoms with van der Waals surface area (Å²) in [7, 11) is 1.65. The van der Waals surface area contributed by atoms with Crippen LogP contribution in [0.3, 0.4) is 0 Å². The van der Waals surface area contributed by atoms with E-state index in [9.17, 15) is 4.79 Å². The van der Waals surface area contributed by atoms with Crippen LogP contribution in [0, 0.1) is 0 Å². The monoisotopic (exact) mass is 394 g/mol. The zero-order valence-corrected chi connectivity index (χ0v) is 16.7. The topological polar surface area (TPSA) is 52.8 Å². The van der Waals surface area contributed by atoms with E-state index < -0.39 is 0 Å². The summed E-state index contributed by atoms with van der Waals surface area (Å²) in [5, 5.41) is 2.08. The van der Waals surface area contributed by atoms with Crippen molar-refractivity contribution in [3.8, 4) is 17.0 Å². The molecule has 0 saturated heterocycles. The summed E-state index contributed by atoms with van der Waals surface area (Å²) < 4.78 is 12.4. The fourth-order valence-corrected chi connectivity index (χ4v) is 3.65. The average Bonchev–Trinajstić information content (AvgIpc) is 3.11. The Morgan fingerprint density at radius 3 is 2.50 bits per heavy atom. The second-order valence-electron chi connectivity index (χ2n) is 5.91. The van der Waals surface area contributed by atoms with Crippen LogP contribution in [0.1, 0.15) is 17.3 Å². The smallest absolute Gasteiger partial charge is 0.338 e. The number of carbonyl (C=O) groups excluding carboxylic acids is 1. The molecule has 0 radical (unpaired) electrons. The van der Waals surface area contributed by atoms with Gasteiger partial charge in [-0.1, -0.05) is 6.08 Å². The number of esters is 1. The van der Waals surface area contributed by atoms with Crippen molar-refractivity contribution < 1.29 is 14.3 Å². The number of aromatic nitrogens is 1. The molecule has 5 nitrogen and oxygen atoms in total. The van der Waals surface area contributed by atoms with Crippen LogP contribution >= 0.6 is 11.3 Å². The quantitative estimate of drug-likeness (QED) is 0.426. The summed E-state index contributed by atoms with van der Waals surface area (Å²) in [5.74, 6) is 0.495. The molecule has 0 amide bonds. The van der Waals surface area contributed by atoms with Crippen molar-refractivity contribution in [2.45, 2.75) is 13.5 Å². The Morgan fingerprint density at radius 1 is 1.18 bits per heavy atom. The molecule has 0 aliphatic carbocycles. The van der Waals surface area contributed by atoms with Crippen LogP contribution in [-0.2, 0) is 11.3 Å². The van der Waals surface area contributed by atoms with E-state index in [1.807, 2.05) is 42.5 Å². The standard InChI is InChI=1S/C22H22N2O3S/c1-4-14-24-20(16-8-12-19(26-3)13-9-16)15-28-22(24)23-18-10-6-17(7-11-18)21(25)27-5-2/h4,6-13,15H,1,5,14H2,2-3H3. The number of nitrogens with zero attached hydrogens (tertiary/aromatic N) is 2. The molecule has 0 bridgehead atoms. The van der Waals surface area contributed by atoms with Gasteiger partial charge in [-0.3, -0.25) is 0 Å². The number of methoxy groups -OCH3 is 1. The minimum Gasteiger partial charge on any atom is -0.497 e. The predicted molar refractivity (Wildman–Crippen MR) is 112 cm³/mol. The average molecular weight is 394 g/mol. The maximum absolute atomic E-state index is 11.8. The van der Waals surface area contributed by atoms with E-state index in [4.69, 9.17) is 14.5 Å². The zero-order chi connectivity index (χ0) is 19.9. The number of benzene rings is 2. The SMILES string of the molecule is C=CCn1c(-c2ccc(OC)cc2)csc1=Nc1ccc(C(=O)OCC)cc1. The molecule has 2 aromatic carbocycles. The lowest BCUT2D eigenvalue weighted by atomic mass is 10.1. The summed E-state index contributed by atoms with van der Waals surface area (Å²) in [6.07, 6.45) is 1.85. The molecule has 0 spiro atoms. The Hall–Kier alpha value is -3.12. The lowest BCUT2D eigenvalue weighted by molar-refractivity contribution is 0.0526. The first-order valence-electron chi connectivity index (χ1n) is 8.91. The highest BCUT2D eigenvalue weighted by atomic mass is 32.1. The van der Waals surface area contributed by atoms with Gasteiger partial charge in [0, 0.05) is 11.9 Å². The molecule has 0 N–H and O–H groups in total. The van der Waals surface area contributed by atoms with Gasteiger partial charge in [-0.15, -0.1) is 17.9 Å². The van der Waals surface area contributed by atoms with Crippen molar-refractivity contribution in [1.82, 2.24) is 4.57 Å². The summed E-state index contributed by atoms with van der Waals surface area (Å²) in [6, 6.07) is 15.0. The number of allylic oxidation sites excluding steroid dienone is 1. The number of carbonyl (C=O) groups is 1. The number of hydrogen-bond acceptors (Lipinski definition) is 5. The third-order valence-electron chi connectivity index (χ3n) is 4.10. The van der Waals surface area contributed by atoms with Gasteiger partial charge in [0.15, 0.2) is 4.80 Å². The minimum atomic E-state index is -0.325. The van der Waals surface area contributed by atoms with Gasteiger partial charge in [-0.25, -0.2) is 9.79 Å². The molecule has 0 saturated carbocycles. The minimum absolute atomic E-state index is 0.325. The molecule has 0 unspecified atom stereocenters. The first-order valence-corrected chi connectivity index (χ1v) is 9.79. The third-order valence-corrected chi connectivity index (χ3v) is 4.96. The van der Waals surface area contributed by atoms with Gasteiger partial charge in [-0.2, -0.15) is 0 Å². The van der Waals surface area contributed by atoms with Crippen LogP contribution in [0.25, 0.3) is 11.3 Å². The van der Waals surface area contributed by atoms with Crippen molar-refractivity contribution in [2.75, 3.05) is 13.7 Å². The fourth-order valence-electron chi connectivity index (χ4n) is 2.71. The molecule has 1 heterocycles. The van der Waals surface area contributed by atoms with Crippen LogP contribution in [0.2, 0.25) is 0 Å². The van der Waals surface area contributed by atoms with E-state index in [1.54, 1.807) is 37.5 Å². The van der Waals surface area contributed by atoms with E-state index in [1.165, 1.54) is 0 Å². The maximum atomic E-state index is 11.8. The van der Waals surface area contributed by atoms with Crippen LogP contribution in [-0.4, -0.2) is 24.3 Å². The molecular weight excluding hydrogens is 372 g/mol. The third kappa shape index (κ3) is 4.40. The molecule has 0 fully saturated rings. The molecule has 1 aromatic heterocycles. The first kappa shape index (κ1) is 19.6. The van der Waals surface area contributed by atoms with Gasteiger partial charge >= 0.3 is 5.97 Å². The van der Waals surface area contributed by atoms with Gasteiger partial charge in [0.05, 0.1) is 30.7 Å². The molecule has 6 heteroatoms. The molecule has 28 heavy (non-hydrogen) atoms. The largest absolute Gasteiger partial charge is 0.497 e. The van der Waals surface area contributed by atoms with Crippen molar-refractivity contribution in [2.24, 2.45) is 4.99 Å². The first-order chi connectivity index (χ1) is 13.7. The second kappa shape index (κ2) is 9.19. The highest BCUT2D eigenvalue weighted by Crippen LogP contribution is 2.23. The number of ether oxygens (including phenoxy) is 2. The highest BCUT2D eigenvalue weighted by Gasteiger charge is 2.09. The Labute approximate surface area is 168 Å². The Balaban J connectivity index is 1.96.